The number of hydrogen-bond acceptors (Lipinski definition) is 3. The van der Waals surface area contributed by atoms with Crippen LogP contribution in [-0.2, 0) is 18.4 Å². The van der Waals surface area contributed by atoms with E-state index in [1.54, 1.807) is 4.57 Å². The topological polar surface area (TPSA) is 84.7 Å². The van der Waals surface area contributed by atoms with Crippen LogP contribution in [0.2, 0.25) is 0 Å². The van der Waals surface area contributed by atoms with Gasteiger partial charge in [0, 0.05) is 37.1 Å². The second kappa shape index (κ2) is 5.99. The van der Waals surface area contributed by atoms with Crippen molar-refractivity contribution >= 4 is 22.6 Å². The first-order valence-corrected chi connectivity index (χ1v) is 7.85. The maximum Gasteiger partial charge on any atom is 0.325 e. The summed E-state index contributed by atoms with van der Waals surface area (Å²) in [6.45, 7) is 6.00. The number of anilines is 1. The Morgan fingerprint density at radius 2 is 2.04 bits per heavy atom. The van der Waals surface area contributed by atoms with E-state index in [9.17, 15) is 9.59 Å². The van der Waals surface area contributed by atoms with E-state index < -0.39 is 0 Å². The molecule has 0 spiro atoms. The summed E-state index contributed by atoms with van der Waals surface area (Å²) >= 11 is 0. The molecular weight excluding hydrogens is 306 g/mol. The van der Waals surface area contributed by atoms with Crippen molar-refractivity contribution in [3.63, 3.8) is 0 Å². The minimum atomic E-state index is -0.178. The fraction of sp³-hybridized carbons (Fsp3) is 0.353. The Labute approximate surface area is 139 Å². The molecule has 0 saturated carbocycles. The van der Waals surface area contributed by atoms with E-state index in [4.69, 9.17) is 0 Å². The average molecular weight is 327 g/mol. The zero-order valence-electron chi connectivity index (χ0n) is 14.3. The third-order valence-electron chi connectivity index (χ3n) is 4.44. The maximum atomic E-state index is 12.2. The molecule has 126 valence electrons. The molecule has 0 radical (unpaired) electrons. The summed E-state index contributed by atoms with van der Waals surface area (Å²) in [7, 11) is 1.96. The predicted octanol–water partition coefficient (Wildman–Crippen LogP) is 2.02. The van der Waals surface area contributed by atoms with Gasteiger partial charge in [0.05, 0.1) is 11.0 Å². The number of hydrogen-bond donors (Lipinski definition) is 2. The number of carbonyl (C=O) groups is 1. The SMILES string of the molecule is Cc1[nH]c(=O)n(CCC(=O)Nc2ccc3c(c2)nc(C)n3C)c1C. The Morgan fingerprint density at radius 1 is 1.29 bits per heavy atom. The van der Waals surface area contributed by atoms with Crippen LogP contribution < -0.4 is 11.0 Å². The summed E-state index contributed by atoms with van der Waals surface area (Å²) in [6, 6.07) is 5.66. The Kier molecular flexibility index (Phi) is 4.01. The number of rotatable bonds is 4. The third kappa shape index (κ3) is 2.84. The monoisotopic (exact) mass is 327 g/mol. The number of H-pyrrole nitrogens is 1. The molecule has 7 heteroatoms. The summed E-state index contributed by atoms with van der Waals surface area (Å²) in [4.78, 5) is 31.1. The predicted molar refractivity (Wildman–Crippen MR) is 93.2 cm³/mol. The van der Waals surface area contributed by atoms with Crippen LogP contribution in [0.15, 0.2) is 23.0 Å². The number of fused-ring (bicyclic) bond motifs is 1. The number of imidazole rings is 2. The average Bonchev–Trinajstić information content (AvgIpc) is 2.94. The zero-order chi connectivity index (χ0) is 17.4. The molecule has 1 amide bonds. The molecule has 0 saturated heterocycles. The Balaban J connectivity index is 1.69. The van der Waals surface area contributed by atoms with Gasteiger partial charge in [-0.05, 0) is 39.0 Å². The molecule has 3 rings (SSSR count). The van der Waals surface area contributed by atoms with Crippen molar-refractivity contribution in [2.45, 2.75) is 33.7 Å². The van der Waals surface area contributed by atoms with Crippen LogP contribution in [-0.4, -0.2) is 25.0 Å². The molecule has 0 aliphatic rings. The van der Waals surface area contributed by atoms with Gasteiger partial charge in [0.15, 0.2) is 0 Å². The lowest BCUT2D eigenvalue weighted by atomic mass is 10.2. The summed E-state index contributed by atoms with van der Waals surface area (Å²) in [5.74, 6) is 0.790. The van der Waals surface area contributed by atoms with Gasteiger partial charge in [-0.2, -0.15) is 0 Å². The molecule has 0 aliphatic carbocycles. The van der Waals surface area contributed by atoms with Gasteiger partial charge in [-0.25, -0.2) is 9.78 Å². The molecule has 0 fully saturated rings. The highest BCUT2D eigenvalue weighted by Crippen LogP contribution is 2.19. The number of nitrogens with zero attached hydrogens (tertiary/aromatic N) is 3. The number of aromatic nitrogens is 4. The van der Waals surface area contributed by atoms with Crippen molar-refractivity contribution in [2.24, 2.45) is 7.05 Å². The van der Waals surface area contributed by atoms with E-state index in [-0.39, 0.29) is 18.0 Å². The summed E-state index contributed by atoms with van der Waals surface area (Å²) < 4.78 is 3.59. The second-order valence-electron chi connectivity index (χ2n) is 6.01. The van der Waals surface area contributed by atoms with E-state index in [1.807, 2.05) is 50.6 Å². The third-order valence-corrected chi connectivity index (χ3v) is 4.44. The highest BCUT2D eigenvalue weighted by Gasteiger charge is 2.10. The fourth-order valence-corrected chi connectivity index (χ4v) is 2.78. The van der Waals surface area contributed by atoms with Crippen molar-refractivity contribution in [3.05, 3.63) is 45.9 Å². The lowest BCUT2D eigenvalue weighted by Crippen LogP contribution is -2.22. The molecule has 0 atom stereocenters. The van der Waals surface area contributed by atoms with E-state index in [1.165, 1.54) is 0 Å². The molecule has 0 unspecified atom stereocenters. The lowest BCUT2D eigenvalue weighted by Gasteiger charge is -2.07. The molecular formula is C17H21N5O2. The zero-order valence-corrected chi connectivity index (χ0v) is 14.3. The number of aryl methyl sites for hydroxylation is 3. The highest BCUT2D eigenvalue weighted by atomic mass is 16.2. The molecule has 24 heavy (non-hydrogen) atoms. The highest BCUT2D eigenvalue weighted by molar-refractivity contribution is 5.93. The van der Waals surface area contributed by atoms with Crippen LogP contribution in [0.5, 0.6) is 0 Å². The van der Waals surface area contributed by atoms with E-state index in [0.717, 1.165) is 28.2 Å². The van der Waals surface area contributed by atoms with Crippen LogP contribution >= 0.6 is 0 Å². The van der Waals surface area contributed by atoms with Crippen LogP contribution in [0.4, 0.5) is 5.69 Å². The van der Waals surface area contributed by atoms with Crippen molar-refractivity contribution in [2.75, 3.05) is 5.32 Å². The first-order valence-electron chi connectivity index (χ1n) is 7.85. The van der Waals surface area contributed by atoms with Crippen molar-refractivity contribution in [3.8, 4) is 0 Å². The molecule has 3 aromatic rings. The molecule has 1 aromatic carbocycles. The van der Waals surface area contributed by atoms with Crippen LogP contribution in [0.1, 0.15) is 23.6 Å². The molecule has 0 bridgehead atoms. The number of benzene rings is 1. The minimum absolute atomic E-state index is 0.132. The van der Waals surface area contributed by atoms with Gasteiger partial charge in [-0.15, -0.1) is 0 Å². The van der Waals surface area contributed by atoms with Gasteiger partial charge >= 0.3 is 5.69 Å². The number of nitrogens with one attached hydrogen (secondary N) is 2. The van der Waals surface area contributed by atoms with E-state index in [2.05, 4.69) is 15.3 Å². The largest absolute Gasteiger partial charge is 0.331 e. The van der Waals surface area contributed by atoms with E-state index in [0.29, 0.717) is 12.2 Å². The quantitative estimate of drug-likeness (QED) is 0.769. The Bertz CT molecular complexity index is 977. The lowest BCUT2D eigenvalue weighted by molar-refractivity contribution is -0.116. The summed E-state index contributed by atoms with van der Waals surface area (Å²) in [5, 5.41) is 2.86. The van der Waals surface area contributed by atoms with Crippen molar-refractivity contribution < 1.29 is 4.79 Å². The van der Waals surface area contributed by atoms with Crippen LogP contribution in [0.25, 0.3) is 11.0 Å². The number of aromatic amines is 1. The first kappa shape index (κ1) is 16.0. The van der Waals surface area contributed by atoms with Gasteiger partial charge in [0.2, 0.25) is 5.91 Å². The molecule has 0 aliphatic heterocycles. The van der Waals surface area contributed by atoms with Crippen LogP contribution in [0, 0.1) is 20.8 Å². The summed E-state index contributed by atoms with van der Waals surface area (Å²) in [5.41, 5.74) is 4.09. The van der Waals surface area contributed by atoms with Gasteiger partial charge in [0.1, 0.15) is 5.82 Å². The Morgan fingerprint density at radius 3 is 2.71 bits per heavy atom. The fourth-order valence-electron chi connectivity index (χ4n) is 2.78. The standard InChI is InChI=1S/C17H21N5O2/c1-10-11(2)22(17(24)18-10)8-7-16(23)20-13-5-6-15-14(9-13)19-12(3)21(15)4/h5-6,9H,7-8H2,1-4H3,(H,18,24)(H,20,23). The van der Waals surface area contributed by atoms with Crippen molar-refractivity contribution in [1.29, 1.82) is 0 Å². The first-order chi connectivity index (χ1) is 11.4. The molecule has 2 aromatic heterocycles. The van der Waals surface area contributed by atoms with E-state index >= 15 is 0 Å². The number of amides is 1. The van der Waals surface area contributed by atoms with Gasteiger partial charge < -0.3 is 14.9 Å². The van der Waals surface area contributed by atoms with Crippen molar-refractivity contribution in [1.82, 2.24) is 19.1 Å². The minimum Gasteiger partial charge on any atom is -0.331 e. The molecule has 2 N–H and O–H groups in total. The summed E-state index contributed by atoms with van der Waals surface area (Å²) in [6.07, 6.45) is 0.233. The van der Waals surface area contributed by atoms with Crippen LogP contribution in [0.3, 0.4) is 0 Å². The van der Waals surface area contributed by atoms with Gasteiger partial charge in [-0.3, -0.25) is 9.36 Å². The van der Waals surface area contributed by atoms with Gasteiger partial charge in [0.25, 0.3) is 0 Å². The van der Waals surface area contributed by atoms with Gasteiger partial charge in [-0.1, -0.05) is 0 Å². The normalized spacial score (nSPS) is 11.2. The maximum absolute atomic E-state index is 12.2. The molecule has 7 nitrogen and oxygen atoms in total. The Hall–Kier alpha value is -2.83. The number of carbonyl (C=O) groups excluding carboxylic acids is 1. The molecule has 2 heterocycles. The smallest absolute Gasteiger partial charge is 0.325 e. The second-order valence-corrected chi connectivity index (χ2v) is 6.01.